The van der Waals surface area contributed by atoms with E-state index >= 15 is 0 Å². The van der Waals surface area contributed by atoms with Crippen LogP contribution in [-0.2, 0) is 6.42 Å². The molecule has 0 amide bonds. The Bertz CT molecular complexity index is 469. The number of thioether (sulfide) groups is 1. The van der Waals surface area contributed by atoms with E-state index in [0.29, 0.717) is 30.5 Å². The summed E-state index contributed by atoms with van der Waals surface area (Å²) in [6.07, 6.45) is 1.69. The molecule has 0 radical (unpaired) electrons. The molecule has 1 heterocycles. The second-order valence-corrected chi connectivity index (χ2v) is 6.51. The summed E-state index contributed by atoms with van der Waals surface area (Å²) in [6, 6.07) is 4.10. The fraction of sp³-hybridized carbons (Fsp3) is 0.533. The van der Waals surface area contributed by atoms with Gasteiger partial charge >= 0.3 is 0 Å². The van der Waals surface area contributed by atoms with Crippen LogP contribution in [0.4, 0.5) is 8.78 Å². The van der Waals surface area contributed by atoms with Crippen molar-refractivity contribution in [2.75, 3.05) is 12.3 Å². The molecule has 1 saturated heterocycles. The van der Waals surface area contributed by atoms with Gasteiger partial charge in [-0.15, -0.1) is 0 Å². The molecule has 110 valence electrons. The van der Waals surface area contributed by atoms with Gasteiger partial charge in [0.1, 0.15) is 11.6 Å². The SMILES string of the molecule is CC(C)CC1CSC(=NCCc2cc(F)cc(F)c2)N1. The van der Waals surface area contributed by atoms with Gasteiger partial charge in [-0.05, 0) is 36.5 Å². The predicted molar refractivity (Wildman–Crippen MR) is 81.2 cm³/mol. The highest BCUT2D eigenvalue weighted by Crippen LogP contribution is 2.19. The first-order valence-corrected chi connectivity index (χ1v) is 7.90. The molecule has 20 heavy (non-hydrogen) atoms. The molecule has 1 aliphatic rings. The lowest BCUT2D eigenvalue weighted by atomic mass is 10.1. The van der Waals surface area contributed by atoms with Crippen LogP contribution in [0.25, 0.3) is 0 Å². The third kappa shape index (κ3) is 4.78. The highest BCUT2D eigenvalue weighted by Gasteiger charge is 2.20. The summed E-state index contributed by atoms with van der Waals surface area (Å²) < 4.78 is 26.1. The second kappa shape index (κ2) is 7.07. The Kier molecular flexibility index (Phi) is 5.40. The molecule has 1 aliphatic heterocycles. The van der Waals surface area contributed by atoms with Crippen molar-refractivity contribution in [3.8, 4) is 0 Å². The fourth-order valence-corrected chi connectivity index (χ4v) is 3.28. The standard InChI is InChI=1S/C15H20F2N2S/c1-10(2)5-14-9-20-15(19-14)18-4-3-11-6-12(16)8-13(17)7-11/h6-8,10,14H,3-5,9H2,1-2H3,(H,18,19). The number of nitrogens with one attached hydrogen (secondary N) is 1. The summed E-state index contributed by atoms with van der Waals surface area (Å²) in [5, 5.41) is 4.35. The maximum absolute atomic E-state index is 13.0. The maximum atomic E-state index is 13.0. The molecular formula is C15H20F2N2S. The van der Waals surface area contributed by atoms with Gasteiger partial charge in [-0.2, -0.15) is 0 Å². The van der Waals surface area contributed by atoms with Crippen molar-refractivity contribution in [3.05, 3.63) is 35.4 Å². The van der Waals surface area contributed by atoms with Crippen LogP contribution in [0.15, 0.2) is 23.2 Å². The molecule has 2 nitrogen and oxygen atoms in total. The Hall–Kier alpha value is -1.10. The second-order valence-electron chi connectivity index (χ2n) is 5.50. The highest BCUT2D eigenvalue weighted by atomic mass is 32.2. The molecule has 0 aliphatic carbocycles. The van der Waals surface area contributed by atoms with E-state index in [-0.39, 0.29) is 0 Å². The van der Waals surface area contributed by atoms with Crippen LogP contribution in [-0.4, -0.2) is 23.5 Å². The Labute approximate surface area is 123 Å². The molecule has 0 bridgehead atoms. The summed E-state index contributed by atoms with van der Waals surface area (Å²) in [5.41, 5.74) is 0.647. The average Bonchev–Trinajstić information content (AvgIpc) is 2.74. The van der Waals surface area contributed by atoms with E-state index in [9.17, 15) is 8.78 Å². The maximum Gasteiger partial charge on any atom is 0.156 e. The number of aliphatic imine (C=N–C) groups is 1. The van der Waals surface area contributed by atoms with E-state index in [0.717, 1.165) is 23.4 Å². The summed E-state index contributed by atoms with van der Waals surface area (Å²) in [4.78, 5) is 4.46. The quantitative estimate of drug-likeness (QED) is 0.898. The molecule has 0 spiro atoms. The van der Waals surface area contributed by atoms with Gasteiger partial charge in [-0.3, -0.25) is 4.99 Å². The first-order valence-electron chi connectivity index (χ1n) is 6.91. The minimum absolute atomic E-state index is 0.491. The number of nitrogens with zero attached hydrogens (tertiary/aromatic N) is 1. The van der Waals surface area contributed by atoms with Crippen molar-refractivity contribution in [3.63, 3.8) is 0 Å². The van der Waals surface area contributed by atoms with Gasteiger partial charge in [0, 0.05) is 24.4 Å². The predicted octanol–water partition coefficient (Wildman–Crippen LogP) is 3.61. The molecule has 5 heteroatoms. The Morgan fingerprint density at radius 3 is 2.65 bits per heavy atom. The van der Waals surface area contributed by atoms with Crippen molar-refractivity contribution >= 4 is 16.9 Å². The highest BCUT2D eigenvalue weighted by molar-refractivity contribution is 8.14. The molecular weight excluding hydrogens is 278 g/mol. The molecule has 1 aromatic carbocycles. The van der Waals surface area contributed by atoms with Gasteiger partial charge in [-0.25, -0.2) is 8.78 Å². The molecule has 1 N–H and O–H groups in total. The monoisotopic (exact) mass is 298 g/mol. The molecule has 1 fully saturated rings. The van der Waals surface area contributed by atoms with Gasteiger partial charge in [0.15, 0.2) is 5.17 Å². The zero-order valence-electron chi connectivity index (χ0n) is 11.8. The first kappa shape index (κ1) is 15.3. The smallest absolute Gasteiger partial charge is 0.156 e. The van der Waals surface area contributed by atoms with Crippen LogP contribution in [0.1, 0.15) is 25.8 Å². The number of hydrogen-bond donors (Lipinski definition) is 1. The van der Waals surface area contributed by atoms with Crippen LogP contribution in [0.5, 0.6) is 0 Å². The molecule has 1 unspecified atom stereocenters. The Morgan fingerprint density at radius 1 is 1.30 bits per heavy atom. The number of halogens is 2. The lowest BCUT2D eigenvalue weighted by molar-refractivity contribution is 0.502. The zero-order valence-corrected chi connectivity index (χ0v) is 12.6. The minimum Gasteiger partial charge on any atom is -0.361 e. The van der Waals surface area contributed by atoms with E-state index in [1.54, 1.807) is 11.8 Å². The lowest BCUT2D eigenvalue weighted by Gasteiger charge is -2.11. The summed E-state index contributed by atoms with van der Waals surface area (Å²) in [5.74, 6) is 0.657. The van der Waals surface area contributed by atoms with Gasteiger partial charge in [0.05, 0.1) is 0 Å². The first-order chi connectivity index (χ1) is 9.52. The zero-order chi connectivity index (χ0) is 14.5. The van der Waals surface area contributed by atoms with Crippen LogP contribution >= 0.6 is 11.8 Å². The van der Waals surface area contributed by atoms with E-state index in [1.807, 2.05) is 0 Å². The van der Waals surface area contributed by atoms with Crippen molar-refractivity contribution < 1.29 is 8.78 Å². The molecule has 2 rings (SSSR count). The third-order valence-corrected chi connectivity index (χ3v) is 4.17. The third-order valence-electron chi connectivity index (χ3n) is 3.08. The number of amidine groups is 1. The van der Waals surface area contributed by atoms with E-state index in [4.69, 9.17) is 0 Å². The van der Waals surface area contributed by atoms with Crippen molar-refractivity contribution in [1.29, 1.82) is 0 Å². The molecule has 0 aromatic heterocycles. The van der Waals surface area contributed by atoms with Crippen LogP contribution in [0.3, 0.4) is 0 Å². The van der Waals surface area contributed by atoms with Gasteiger partial charge in [-0.1, -0.05) is 25.6 Å². The van der Waals surface area contributed by atoms with Crippen LogP contribution < -0.4 is 5.32 Å². The number of rotatable bonds is 5. The summed E-state index contributed by atoms with van der Waals surface area (Å²) >= 11 is 1.72. The van der Waals surface area contributed by atoms with Crippen LogP contribution in [0, 0.1) is 17.6 Å². The summed E-state index contributed by atoms with van der Waals surface area (Å²) in [6.45, 7) is 4.96. The van der Waals surface area contributed by atoms with E-state index in [2.05, 4.69) is 24.2 Å². The average molecular weight is 298 g/mol. The Morgan fingerprint density at radius 2 is 2.00 bits per heavy atom. The van der Waals surface area contributed by atoms with Gasteiger partial charge in [0.2, 0.25) is 0 Å². The van der Waals surface area contributed by atoms with Crippen LogP contribution in [0.2, 0.25) is 0 Å². The fourth-order valence-electron chi connectivity index (χ4n) is 2.27. The van der Waals surface area contributed by atoms with Crippen molar-refractivity contribution in [2.45, 2.75) is 32.7 Å². The van der Waals surface area contributed by atoms with E-state index in [1.165, 1.54) is 12.1 Å². The Balaban J connectivity index is 1.82. The summed E-state index contributed by atoms with van der Waals surface area (Å²) in [7, 11) is 0. The topological polar surface area (TPSA) is 24.4 Å². The normalized spacial score (nSPS) is 20.6. The van der Waals surface area contributed by atoms with Gasteiger partial charge in [0.25, 0.3) is 0 Å². The minimum atomic E-state index is -0.530. The molecule has 1 aromatic rings. The lowest BCUT2D eigenvalue weighted by Crippen LogP contribution is -2.28. The molecule has 0 saturated carbocycles. The van der Waals surface area contributed by atoms with Gasteiger partial charge < -0.3 is 5.32 Å². The largest absolute Gasteiger partial charge is 0.361 e. The molecule has 1 atom stereocenters. The van der Waals surface area contributed by atoms with E-state index < -0.39 is 11.6 Å². The van der Waals surface area contributed by atoms with Crippen molar-refractivity contribution in [1.82, 2.24) is 5.32 Å². The number of hydrogen-bond acceptors (Lipinski definition) is 2. The van der Waals surface area contributed by atoms with Crippen molar-refractivity contribution in [2.24, 2.45) is 10.9 Å². The number of benzene rings is 1.